The van der Waals surface area contributed by atoms with Gasteiger partial charge >= 0.3 is 6.18 Å². The van der Waals surface area contributed by atoms with Crippen LogP contribution in [0.4, 0.5) is 13.2 Å². The molecule has 0 bridgehead atoms. The molecule has 1 aromatic carbocycles. The summed E-state index contributed by atoms with van der Waals surface area (Å²) in [5.41, 5.74) is 5.91. The van der Waals surface area contributed by atoms with Crippen LogP contribution in [-0.2, 0) is 11.3 Å². The maximum absolute atomic E-state index is 10.5. The molecule has 2 rings (SSSR count). The second-order valence-corrected chi connectivity index (χ2v) is 3.60. The van der Waals surface area contributed by atoms with Crippen LogP contribution < -0.4 is 10.8 Å². The Morgan fingerprint density at radius 2 is 1.62 bits per heavy atom. The molecule has 0 atom stereocenters. The smallest absolute Gasteiger partial charge is 0.430 e. The first-order chi connectivity index (χ1) is 9.84. The Labute approximate surface area is 116 Å². The highest BCUT2D eigenvalue weighted by atomic mass is 19.4. The molecule has 1 heterocycles. The first-order valence-electron chi connectivity index (χ1n) is 5.51. The van der Waals surface area contributed by atoms with Crippen molar-refractivity contribution in [1.29, 1.82) is 0 Å². The molecule has 112 valence electrons. The summed E-state index contributed by atoms with van der Waals surface area (Å²) >= 11 is 0. The molecular weight excluding hydrogens is 291 g/mol. The number of carbonyl (C=O) groups excluding carboxylic acids is 1. The van der Waals surface area contributed by atoms with Crippen LogP contribution in [0.5, 0.6) is 0 Å². The van der Waals surface area contributed by atoms with Crippen LogP contribution in [0.3, 0.4) is 0 Å². The normalized spacial score (nSPS) is 10.5. The van der Waals surface area contributed by atoms with E-state index in [4.69, 9.17) is 9.90 Å². The van der Waals surface area contributed by atoms with E-state index in [-0.39, 0.29) is 0 Å². The number of benzene rings is 1. The van der Waals surface area contributed by atoms with Crippen molar-refractivity contribution >= 4 is 5.97 Å². The molecule has 0 aliphatic heterocycles. The molecule has 3 N–H and O–H groups in total. The molecule has 0 unspecified atom stereocenters. The van der Waals surface area contributed by atoms with Crippen molar-refractivity contribution < 1.29 is 28.8 Å². The molecule has 0 aliphatic carbocycles. The summed E-state index contributed by atoms with van der Waals surface area (Å²) in [5, 5.41) is 23.9. The van der Waals surface area contributed by atoms with Gasteiger partial charge in [-0.25, -0.2) is 0 Å². The highest BCUT2D eigenvalue weighted by molar-refractivity contribution is 5.70. The Balaban J connectivity index is 0.000000270. The molecule has 0 amide bonds. The molecule has 0 radical (unpaired) electrons. The molecule has 0 saturated heterocycles. The van der Waals surface area contributed by atoms with E-state index in [1.54, 1.807) is 0 Å². The quantitative estimate of drug-likeness (QED) is 0.757. The van der Waals surface area contributed by atoms with Crippen LogP contribution in [-0.4, -0.2) is 32.5 Å². The number of carboxylic acid groups (broad SMARTS) is 1. The van der Waals surface area contributed by atoms with Gasteiger partial charge in [0.25, 0.3) is 0 Å². The maximum Gasteiger partial charge on any atom is 0.430 e. The molecule has 7 nitrogen and oxygen atoms in total. The molecule has 0 aliphatic rings. The van der Waals surface area contributed by atoms with Gasteiger partial charge < -0.3 is 15.6 Å². The second-order valence-electron chi connectivity index (χ2n) is 3.60. The van der Waals surface area contributed by atoms with E-state index in [9.17, 15) is 13.2 Å². The van der Waals surface area contributed by atoms with Gasteiger partial charge in [-0.3, -0.25) is 0 Å². The van der Waals surface area contributed by atoms with Gasteiger partial charge in [0.1, 0.15) is 5.97 Å². The maximum atomic E-state index is 10.5. The number of alkyl halides is 3. The lowest BCUT2D eigenvalue weighted by Gasteiger charge is -2.03. The zero-order chi connectivity index (χ0) is 15.9. The van der Waals surface area contributed by atoms with Gasteiger partial charge in [-0.15, -0.1) is 20.4 Å². The summed E-state index contributed by atoms with van der Waals surface area (Å²) in [5.74, 6) is -2.46. The van der Waals surface area contributed by atoms with Crippen molar-refractivity contribution in [3.63, 3.8) is 0 Å². The predicted octanol–water partition coefficient (Wildman–Crippen LogP) is -1.03. The zero-order valence-corrected chi connectivity index (χ0v) is 10.5. The lowest BCUT2D eigenvalue weighted by atomic mass is 10.1. The van der Waals surface area contributed by atoms with E-state index >= 15 is 0 Å². The summed E-state index contributed by atoms with van der Waals surface area (Å²) in [6, 6.07) is 7.88. The standard InChI is InChI=1S/C9H9N5.C2HF3O2/c10-5-7-1-3-8(4-2-7)9-13-11-6-12-14-9;3-2(4,5)1(6)7/h1-4,6H,5,10H2;(H,6,7). The third kappa shape index (κ3) is 5.48. The topological polar surface area (TPSA) is 119 Å². The molecule has 1 aromatic heterocycles. The Hall–Kier alpha value is -2.62. The fraction of sp³-hybridized carbons (Fsp3) is 0.182. The molecule has 10 heteroatoms. The van der Waals surface area contributed by atoms with Crippen LogP contribution in [0.25, 0.3) is 11.4 Å². The van der Waals surface area contributed by atoms with E-state index in [1.165, 1.54) is 11.9 Å². The van der Waals surface area contributed by atoms with Crippen molar-refractivity contribution in [2.75, 3.05) is 0 Å². The third-order valence-electron chi connectivity index (χ3n) is 2.14. The molecule has 2 aromatic rings. The van der Waals surface area contributed by atoms with Gasteiger partial charge in [-0.1, -0.05) is 24.3 Å². The number of nitrogens with zero attached hydrogens (tertiary/aromatic N) is 4. The number of carbonyl (C=O) groups is 1. The minimum Gasteiger partial charge on any atom is -0.542 e. The monoisotopic (exact) mass is 301 g/mol. The minimum atomic E-state index is -5.19. The summed E-state index contributed by atoms with van der Waals surface area (Å²) in [7, 11) is 0. The third-order valence-corrected chi connectivity index (χ3v) is 2.14. The number of hydrogen-bond acceptors (Lipinski definition) is 6. The van der Waals surface area contributed by atoms with Gasteiger partial charge in [0, 0.05) is 11.1 Å². The average Bonchev–Trinajstić information content (AvgIpc) is 2.48. The van der Waals surface area contributed by atoms with E-state index in [0.717, 1.165) is 12.1 Å². The first kappa shape index (κ1) is 16.4. The number of aliphatic carboxylic acids is 1. The van der Waals surface area contributed by atoms with E-state index in [1.807, 2.05) is 24.3 Å². The number of carboxylic acids is 1. The second kappa shape index (κ2) is 7.24. The van der Waals surface area contributed by atoms with Crippen molar-refractivity contribution in [1.82, 2.24) is 20.4 Å². The Bertz CT molecular complexity index is 575. The van der Waals surface area contributed by atoms with Crippen molar-refractivity contribution in [2.45, 2.75) is 12.7 Å². The number of quaternary nitrogens is 1. The number of halogens is 3. The molecule has 21 heavy (non-hydrogen) atoms. The van der Waals surface area contributed by atoms with Gasteiger partial charge in [0.15, 0.2) is 6.33 Å². The van der Waals surface area contributed by atoms with Crippen LogP contribution in [0.1, 0.15) is 5.56 Å². The highest BCUT2D eigenvalue weighted by Crippen LogP contribution is 2.13. The van der Waals surface area contributed by atoms with E-state index in [0.29, 0.717) is 5.82 Å². The molecular formula is C11H10F3N5O2. The summed E-state index contributed by atoms with van der Waals surface area (Å²) < 4.78 is 31.5. The highest BCUT2D eigenvalue weighted by Gasteiger charge is 2.28. The van der Waals surface area contributed by atoms with Gasteiger partial charge in [0.2, 0.25) is 5.82 Å². The number of aromatic nitrogens is 4. The van der Waals surface area contributed by atoms with E-state index < -0.39 is 12.1 Å². The number of rotatable bonds is 2. The minimum absolute atomic E-state index is 0.545. The molecule has 0 saturated carbocycles. The Morgan fingerprint density at radius 3 is 2.00 bits per heavy atom. The molecule has 0 spiro atoms. The largest absolute Gasteiger partial charge is 0.542 e. The van der Waals surface area contributed by atoms with Crippen LogP contribution in [0.15, 0.2) is 30.6 Å². The van der Waals surface area contributed by atoms with Crippen molar-refractivity contribution in [2.24, 2.45) is 0 Å². The van der Waals surface area contributed by atoms with Gasteiger partial charge in [-0.05, 0) is 0 Å². The number of hydrogen-bond donors (Lipinski definition) is 1. The summed E-state index contributed by atoms with van der Waals surface area (Å²) in [6.45, 7) is 0.784. The lowest BCUT2D eigenvalue weighted by Crippen LogP contribution is -2.47. The van der Waals surface area contributed by atoms with Crippen molar-refractivity contribution in [3.05, 3.63) is 36.2 Å². The van der Waals surface area contributed by atoms with Gasteiger partial charge in [-0.2, -0.15) is 13.2 Å². The fourth-order valence-corrected chi connectivity index (χ4v) is 1.14. The Morgan fingerprint density at radius 1 is 1.14 bits per heavy atom. The average molecular weight is 301 g/mol. The lowest BCUT2D eigenvalue weighted by molar-refractivity contribution is -0.386. The SMILES string of the molecule is O=C([O-])C(F)(F)F.[NH3+]Cc1ccc(-c2nncnn2)cc1. The Kier molecular flexibility index (Phi) is 5.67. The fourth-order valence-electron chi connectivity index (χ4n) is 1.14. The van der Waals surface area contributed by atoms with Crippen LogP contribution in [0.2, 0.25) is 0 Å². The van der Waals surface area contributed by atoms with Crippen LogP contribution >= 0.6 is 0 Å². The zero-order valence-electron chi connectivity index (χ0n) is 10.5. The first-order valence-corrected chi connectivity index (χ1v) is 5.51. The predicted molar refractivity (Wildman–Crippen MR) is 60.7 cm³/mol. The van der Waals surface area contributed by atoms with Crippen LogP contribution in [0, 0.1) is 0 Å². The van der Waals surface area contributed by atoms with E-state index in [2.05, 4.69) is 26.1 Å². The van der Waals surface area contributed by atoms with Gasteiger partial charge in [0.05, 0.1) is 6.54 Å². The van der Waals surface area contributed by atoms with Crippen molar-refractivity contribution in [3.8, 4) is 11.4 Å². The molecule has 0 fully saturated rings. The summed E-state index contributed by atoms with van der Waals surface area (Å²) in [6.07, 6.45) is -3.88. The summed E-state index contributed by atoms with van der Waals surface area (Å²) in [4.78, 5) is 8.78.